The molecule has 3 rings (SSSR count). The van der Waals surface area contributed by atoms with Crippen molar-refractivity contribution in [3.8, 4) is 11.5 Å². The van der Waals surface area contributed by atoms with E-state index in [4.69, 9.17) is 16.0 Å². The molecule has 6 nitrogen and oxygen atoms in total. The average Bonchev–Trinajstić information content (AvgIpc) is 3.36. The number of oxazole rings is 1. The molecule has 2 heterocycles. The lowest BCUT2D eigenvalue weighted by Crippen LogP contribution is -2.38. The summed E-state index contributed by atoms with van der Waals surface area (Å²) >= 11 is 7.29. The predicted molar refractivity (Wildman–Crippen MR) is 134 cm³/mol. The van der Waals surface area contributed by atoms with Crippen molar-refractivity contribution in [1.29, 1.82) is 0 Å². The molecular weight excluding hydrogens is 535 g/mol. The Labute approximate surface area is 202 Å². The maximum atomic E-state index is 10.2. The highest BCUT2D eigenvalue weighted by Crippen LogP contribution is 2.26. The van der Waals surface area contributed by atoms with Crippen molar-refractivity contribution in [2.45, 2.75) is 26.4 Å². The van der Waals surface area contributed by atoms with E-state index in [0.717, 1.165) is 22.7 Å². The average molecular weight is 561 g/mol. The van der Waals surface area contributed by atoms with Gasteiger partial charge in [-0.3, -0.25) is 4.99 Å². The Bertz CT molecular complexity index is 943. The van der Waals surface area contributed by atoms with Gasteiger partial charge in [0.2, 0.25) is 5.89 Å². The molecule has 0 aliphatic heterocycles. The molecule has 162 valence electrons. The van der Waals surface area contributed by atoms with Crippen molar-refractivity contribution in [1.82, 2.24) is 15.6 Å². The minimum atomic E-state index is -0.671. The van der Waals surface area contributed by atoms with Crippen molar-refractivity contribution in [3.63, 3.8) is 0 Å². The second kappa shape index (κ2) is 12.3. The summed E-state index contributed by atoms with van der Waals surface area (Å²) in [5.74, 6) is 1.27. The summed E-state index contributed by atoms with van der Waals surface area (Å²) in [7, 11) is 0. The van der Waals surface area contributed by atoms with Crippen molar-refractivity contribution < 1.29 is 9.52 Å². The molecule has 3 aromatic rings. The molecule has 0 radical (unpaired) electrons. The van der Waals surface area contributed by atoms with Crippen molar-refractivity contribution >= 4 is 52.9 Å². The van der Waals surface area contributed by atoms with Gasteiger partial charge in [0.1, 0.15) is 12.4 Å². The highest BCUT2D eigenvalue weighted by molar-refractivity contribution is 14.0. The van der Waals surface area contributed by atoms with E-state index < -0.39 is 6.10 Å². The zero-order valence-electron chi connectivity index (χ0n) is 16.9. The fourth-order valence-electron chi connectivity index (χ4n) is 2.68. The number of nitrogens with zero attached hydrogens (tertiary/aromatic N) is 2. The van der Waals surface area contributed by atoms with Gasteiger partial charge in [0.25, 0.3) is 0 Å². The molecule has 2 aromatic heterocycles. The number of aromatic nitrogens is 1. The number of benzene rings is 1. The topological polar surface area (TPSA) is 82.7 Å². The fourth-order valence-corrected chi connectivity index (χ4v) is 3.71. The fraction of sp³-hybridized carbons (Fsp3) is 0.333. The molecule has 0 bridgehead atoms. The first-order valence-electron chi connectivity index (χ1n) is 9.52. The van der Waals surface area contributed by atoms with Gasteiger partial charge in [-0.25, -0.2) is 4.98 Å². The lowest BCUT2D eigenvalue weighted by molar-refractivity contribution is 0.191. The molecule has 0 fully saturated rings. The third-order valence-electron chi connectivity index (χ3n) is 4.21. The van der Waals surface area contributed by atoms with Crippen molar-refractivity contribution in [2.24, 2.45) is 4.99 Å². The van der Waals surface area contributed by atoms with Gasteiger partial charge in [-0.1, -0.05) is 29.3 Å². The molecular formula is C21H26ClIN4O2S. The number of guanidine groups is 1. The standard InChI is InChI=1S/C21H25ClN4O2S.HI/c1-3-23-21(25-12-17(27)18-8-9-19(22)29-18)24-11-10-16-13-28-20(26-16)15-6-4-14(2)5-7-15;/h4-9,13,17,27H,3,10-12H2,1-2H3,(H2,23,24,25);1H. The van der Waals surface area contributed by atoms with Crippen molar-refractivity contribution in [2.75, 3.05) is 19.6 Å². The molecule has 1 aromatic carbocycles. The normalized spacial score (nSPS) is 12.3. The summed E-state index contributed by atoms with van der Waals surface area (Å²) in [4.78, 5) is 9.81. The third-order valence-corrected chi connectivity index (χ3v) is 5.55. The molecule has 0 spiro atoms. The summed E-state index contributed by atoms with van der Waals surface area (Å²) in [5.41, 5.74) is 3.04. The van der Waals surface area contributed by atoms with Crippen LogP contribution in [0.25, 0.3) is 11.5 Å². The Morgan fingerprint density at radius 2 is 2.00 bits per heavy atom. The maximum Gasteiger partial charge on any atom is 0.226 e. The minimum Gasteiger partial charge on any atom is -0.444 e. The summed E-state index contributed by atoms with van der Waals surface area (Å²) in [6, 6.07) is 11.7. The van der Waals surface area contributed by atoms with E-state index in [0.29, 0.717) is 29.2 Å². The zero-order valence-corrected chi connectivity index (χ0v) is 20.8. The molecule has 1 atom stereocenters. The van der Waals surface area contributed by atoms with Crippen LogP contribution >= 0.6 is 46.9 Å². The molecule has 1 unspecified atom stereocenters. The SMILES string of the molecule is CCNC(=NCC(O)c1ccc(Cl)s1)NCCc1coc(-c2ccc(C)cc2)n1.I. The summed E-state index contributed by atoms with van der Waals surface area (Å²) in [6.07, 6.45) is 1.71. The largest absolute Gasteiger partial charge is 0.444 e. The van der Waals surface area contributed by atoms with Crippen LogP contribution in [-0.4, -0.2) is 35.7 Å². The first-order chi connectivity index (χ1) is 14.0. The first-order valence-corrected chi connectivity index (χ1v) is 10.7. The van der Waals surface area contributed by atoms with E-state index in [1.165, 1.54) is 16.9 Å². The number of aliphatic hydroxyl groups excluding tert-OH is 1. The number of aryl methyl sites for hydroxylation is 1. The predicted octanol–water partition coefficient (Wildman–Crippen LogP) is 4.81. The molecule has 3 N–H and O–H groups in total. The van der Waals surface area contributed by atoms with E-state index >= 15 is 0 Å². The molecule has 0 saturated carbocycles. The van der Waals surface area contributed by atoms with Crippen LogP contribution in [0.4, 0.5) is 0 Å². The number of rotatable bonds is 8. The van der Waals surface area contributed by atoms with E-state index in [1.807, 2.05) is 37.3 Å². The van der Waals surface area contributed by atoms with Gasteiger partial charge in [-0.2, -0.15) is 0 Å². The number of aliphatic hydroxyl groups is 1. The highest BCUT2D eigenvalue weighted by atomic mass is 127. The van der Waals surface area contributed by atoms with Crippen LogP contribution in [0.15, 0.2) is 52.1 Å². The lowest BCUT2D eigenvalue weighted by Gasteiger charge is -2.12. The van der Waals surface area contributed by atoms with Gasteiger partial charge >= 0.3 is 0 Å². The Morgan fingerprint density at radius 3 is 2.67 bits per heavy atom. The van der Waals surface area contributed by atoms with Crippen LogP contribution in [0.3, 0.4) is 0 Å². The van der Waals surface area contributed by atoms with Gasteiger partial charge in [-0.05, 0) is 38.1 Å². The van der Waals surface area contributed by atoms with Crippen LogP contribution < -0.4 is 10.6 Å². The molecule has 0 amide bonds. The Hall–Kier alpha value is -1.62. The smallest absolute Gasteiger partial charge is 0.226 e. The van der Waals surface area contributed by atoms with Crippen LogP contribution in [0.1, 0.15) is 29.2 Å². The lowest BCUT2D eigenvalue weighted by atomic mass is 10.1. The zero-order chi connectivity index (χ0) is 20.6. The second-order valence-electron chi connectivity index (χ2n) is 6.56. The number of halogens is 2. The summed E-state index contributed by atoms with van der Waals surface area (Å²) in [5, 5.41) is 16.7. The Morgan fingerprint density at radius 1 is 1.23 bits per heavy atom. The summed E-state index contributed by atoms with van der Waals surface area (Å²) < 4.78 is 6.26. The highest BCUT2D eigenvalue weighted by Gasteiger charge is 2.11. The van der Waals surface area contributed by atoms with Gasteiger partial charge in [0, 0.05) is 30.0 Å². The summed E-state index contributed by atoms with van der Waals surface area (Å²) in [6.45, 7) is 5.68. The third kappa shape index (κ3) is 7.26. The van der Waals surface area contributed by atoms with Gasteiger partial charge < -0.3 is 20.2 Å². The second-order valence-corrected chi connectivity index (χ2v) is 8.31. The first kappa shape index (κ1) is 24.6. The number of thiophene rings is 1. The maximum absolute atomic E-state index is 10.2. The Kier molecular flexibility index (Phi) is 10.1. The van der Waals surface area contributed by atoms with Crippen LogP contribution in [0.2, 0.25) is 4.34 Å². The number of aliphatic imine (C=N–C) groups is 1. The van der Waals surface area contributed by atoms with E-state index in [1.54, 1.807) is 12.3 Å². The molecule has 9 heteroatoms. The van der Waals surface area contributed by atoms with Gasteiger partial charge in [0.15, 0.2) is 5.96 Å². The van der Waals surface area contributed by atoms with Crippen LogP contribution in [-0.2, 0) is 6.42 Å². The molecule has 0 saturated heterocycles. The molecule has 0 aliphatic rings. The minimum absolute atomic E-state index is 0. The monoisotopic (exact) mass is 560 g/mol. The van der Waals surface area contributed by atoms with Crippen LogP contribution in [0.5, 0.6) is 0 Å². The molecule has 0 aliphatic carbocycles. The molecule has 30 heavy (non-hydrogen) atoms. The number of hydrogen-bond donors (Lipinski definition) is 3. The van der Waals surface area contributed by atoms with E-state index in [-0.39, 0.29) is 30.5 Å². The number of nitrogens with one attached hydrogen (secondary N) is 2. The van der Waals surface area contributed by atoms with Crippen LogP contribution in [0, 0.1) is 6.92 Å². The van der Waals surface area contributed by atoms with E-state index in [2.05, 4.69) is 27.5 Å². The Balaban J connectivity index is 0.00000320. The van der Waals surface area contributed by atoms with Crippen molar-refractivity contribution in [3.05, 3.63) is 63.1 Å². The van der Waals surface area contributed by atoms with E-state index in [9.17, 15) is 5.11 Å². The van der Waals surface area contributed by atoms with Gasteiger partial charge in [0.05, 0.1) is 16.6 Å². The van der Waals surface area contributed by atoms with Gasteiger partial charge in [-0.15, -0.1) is 35.3 Å². The quantitative estimate of drug-likeness (QED) is 0.209. The number of hydrogen-bond acceptors (Lipinski definition) is 5.